The first-order chi connectivity index (χ1) is 6.54. The van der Waals surface area contributed by atoms with Crippen LogP contribution < -0.4 is 16.8 Å². The van der Waals surface area contributed by atoms with Crippen molar-refractivity contribution in [2.24, 2.45) is 5.73 Å². The van der Waals surface area contributed by atoms with Crippen molar-refractivity contribution in [3.8, 4) is 0 Å². The Morgan fingerprint density at radius 3 is 2.67 bits per heavy atom. The number of rotatable bonds is 3. The minimum absolute atomic E-state index is 0. The van der Waals surface area contributed by atoms with Gasteiger partial charge in [0.05, 0.1) is 5.69 Å². The summed E-state index contributed by atoms with van der Waals surface area (Å²) in [5.41, 5.74) is 11.5. The van der Waals surface area contributed by atoms with Gasteiger partial charge in [-0.25, -0.2) is 4.98 Å². The summed E-state index contributed by atoms with van der Waals surface area (Å²) in [6, 6.07) is -0.0368. The van der Waals surface area contributed by atoms with Gasteiger partial charge < -0.3 is 16.8 Å². The standard InChI is InChI=1S/C8H14N4OS.ClH/c1-4(3-9)11-7(13)6-5(2)12-8(10)14-6;/h4H,3,9H2,1-2H3,(H2,10,12)(H,11,13);1H/t4-;/m0./s1. The van der Waals surface area contributed by atoms with Crippen LogP contribution in [-0.2, 0) is 0 Å². The van der Waals surface area contributed by atoms with E-state index in [4.69, 9.17) is 11.5 Å². The van der Waals surface area contributed by atoms with Gasteiger partial charge in [0.15, 0.2) is 5.13 Å². The minimum atomic E-state index is -0.158. The lowest BCUT2D eigenvalue weighted by Gasteiger charge is -2.09. The lowest BCUT2D eigenvalue weighted by molar-refractivity contribution is 0.0944. The number of halogens is 1. The summed E-state index contributed by atoms with van der Waals surface area (Å²) >= 11 is 1.19. The van der Waals surface area contributed by atoms with Gasteiger partial charge in [-0.05, 0) is 13.8 Å². The number of hydrogen-bond donors (Lipinski definition) is 3. The molecule has 0 aliphatic rings. The predicted molar refractivity (Wildman–Crippen MR) is 64.5 cm³/mol. The second-order valence-electron chi connectivity index (χ2n) is 3.08. The molecule has 1 aromatic heterocycles. The van der Waals surface area contributed by atoms with Crippen LogP contribution in [-0.4, -0.2) is 23.5 Å². The average molecular weight is 251 g/mol. The summed E-state index contributed by atoms with van der Waals surface area (Å²) in [4.78, 5) is 16.1. The maximum absolute atomic E-state index is 11.6. The third-order valence-electron chi connectivity index (χ3n) is 1.75. The van der Waals surface area contributed by atoms with Gasteiger partial charge in [-0.1, -0.05) is 11.3 Å². The number of nitrogen functional groups attached to an aromatic ring is 1. The van der Waals surface area contributed by atoms with Gasteiger partial charge in [0, 0.05) is 12.6 Å². The van der Waals surface area contributed by atoms with Crippen LogP contribution in [0.3, 0.4) is 0 Å². The zero-order valence-electron chi connectivity index (χ0n) is 8.61. The second-order valence-corrected chi connectivity index (χ2v) is 4.11. The second kappa shape index (κ2) is 5.89. The van der Waals surface area contributed by atoms with E-state index < -0.39 is 0 Å². The molecule has 0 saturated carbocycles. The average Bonchev–Trinajstić information content (AvgIpc) is 2.45. The normalized spacial score (nSPS) is 11.7. The smallest absolute Gasteiger partial charge is 0.263 e. The quantitative estimate of drug-likeness (QED) is 0.730. The van der Waals surface area contributed by atoms with Crippen LogP contribution in [0.5, 0.6) is 0 Å². The largest absolute Gasteiger partial charge is 0.375 e. The number of nitrogens with two attached hydrogens (primary N) is 2. The van der Waals surface area contributed by atoms with Crippen molar-refractivity contribution in [3.63, 3.8) is 0 Å². The first kappa shape index (κ1) is 14.2. The Balaban J connectivity index is 0.00000196. The highest BCUT2D eigenvalue weighted by molar-refractivity contribution is 7.17. The topological polar surface area (TPSA) is 94.0 Å². The van der Waals surface area contributed by atoms with E-state index in [-0.39, 0.29) is 24.4 Å². The third kappa shape index (κ3) is 3.65. The molecule has 0 aromatic carbocycles. The van der Waals surface area contributed by atoms with Crippen LogP contribution in [0.15, 0.2) is 0 Å². The number of aryl methyl sites for hydroxylation is 1. The number of carbonyl (C=O) groups excluding carboxylic acids is 1. The van der Waals surface area contributed by atoms with Crippen molar-refractivity contribution in [1.82, 2.24) is 10.3 Å². The molecule has 1 heterocycles. The summed E-state index contributed by atoms with van der Waals surface area (Å²) in [5, 5.41) is 3.16. The molecule has 0 spiro atoms. The number of nitrogens with one attached hydrogen (secondary N) is 1. The van der Waals surface area contributed by atoms with Gasteiger partial charge in [0.2, 0.25) is 0 Å². The van der Waals surface area contributed by atoms with E-state index in [1.807, 2.05) is 6.92 Å². The van der Waals surface area contributed by atoms with Crippen LogP contribution in [0.1, 0.15) is 22.3 Å². The highest BCUT2D eigenvalue weighted by Gasteiger charge is 2.15. The molecule has 5 N–H and O–H groups in total. The minimum Gasteiger partial charge on any atom is -0.375 e. The molecule has 7 heteroatoms. The van der Waals surface area contributed by atoms with Gasteiger partial charge in [0.1, 0.15) is 4.88 Å². The zero-order valence-corrected chi connectivity index (χ0v) is 10.2. The molecule has 1 rings (SSSR count). The summed E-state index contributed by atoms with van der Waals surface area (Å²) in [6.07, 6.45) is 0. The summed E-state index contributed by atoms with van der Waals surface area (Å²) in [6.45, 7) is 4.02. The van der Waals surface area contributed by atoms with E-state index in [0.717, 1.165) is 0 Å². The van der Waals surface area contributed by atoms with Crippen LogP contribution in [0, 0.1) is 6.92 Å². The molecule has 0 radical (unpaired) electrons. The van der Waals surface area contributed by atoms with Crippen LogP contribution in [0.4, 0.5) is 5.13 Å². The van der Waals surface area contributed by atoms with Crippen molar-refractivity contribution >= 4 is 34.8 Å². The molecule has 0 fully saturated rings. The molecule has 0 aliphatic carbocycles. The van der Waals surface area contributed by atoms with E-state index in [9.17, 15) is 4.79 Å². The molecule has 0 saturated heterocycles. The molecule has 0 bridgehead atoms. The molecular weight excluding hydrogens is 236 g/mol. The lowest BCUT2D eigenvalue weighted by Crippen LogP contribution is -2.37. The van der Waals surface area contributed by atoms with Crippen molar-refractivity contribution in [3.05, 3.63) is 10.6 Å². The number of nitrogens with zero attached hydrogens (tertiary/aromatic N) is 1. The molecule has 0 aliphatic heterocycles. The van der Waals surface area contributed by atoms with E-state index in [2.05, 4.69) is 10.3 Å². The molecule has 1 aromatic rings. The highest BCUT2D eigenvalue weighted by atomic mass is 35.5. The van der Waals surface area contributed by atoms with Gasteiger partial charge >= 0.3 is 0 Å². The fraction of sp³-hybridized carbons (Fsp3) is 0.500. The molecule has 15 heavy (non-hydrogen) atoms. The fourth-order valence-electron chi connectivity index (χ4n) is 0.976. The Bertz CT molecular complexity index is 341. The lowest BCUT2D eigenvalue weighted by atomic mass is 10.3. The molecule has 86 valence electrons. The molecule has 0 unspecified atom stereocenters. The number of aromatic nitrogens is 1. The van der Waals surface area contributed by atoms with E-state index in [1.54, 1.807) is 6.92 Å². The Labute approximate surface area is 98.7 Å². The van der Waals surface area contributed by atoms with Crippen molar-refractivity contribution in [2.75, 3.05) is 12.3 Å². The summed E-state index contributed by atoms with van der Waals surface area (Å²) in [7, 11) is 0. The van der Waals surface area contributed by atoms with E-state index in [0.29, 0.717) is 22.2 Å². The Morgan fingerprint density at radius 2 is 2.27 bits per heavy atom. The highest BCUT2D eigenvalue weighted by Crippen LogP contribution is 2.19. The Kier molecular flexibility index (Phi) is 5.56. The van der Waals surface area contributed by atoms with E-state index in [1.165, 1.54) is 11.3 Å². The van der Waals surface area contributed by atoms with Gasteiger partial charge in [0.25, 0.3) is 5.91 Å². The molecule has 5 nitrogen and oxygen atoms in total. The van der Waals surface area contributed by atoms with Crippen molar-refractivity contribution in [1.29, 1.82) is 0 Å². The SMILES string of the molecule is Cc1nc(N)sc1C(=O)N[C@@H](C)CN.Cl. The zero-order chi connectivity index (χ0) is 10.7. The van der Waals surface area contributed by atoms with Crippen molar-refractivity contribution in [2.45, 2.75) is 19.9 Å². The number of carbonyl (C=O) groups is 1. The van der Waals surface area contributed by atoms with Crippen LogP contribution in [0.2, 0.25) is 0 Å². The molecular formula is C8H15ClN4OS. The van der Waals surface area contributed by atoms with Gasteiger partial charge in [-0.2, -0.15) is 0 Å². The third-order valence-corrected chi connectivity index (χ3v) is 2.74. The maximum atomic E-state index is 11.6. The first-order valence-electron chi connectivity index (χ1n) is 4.28. The summed E-state index contributed by atoms with van der Waals surface area (Å²) < 4.78 is 0. The van der Waals surface area contributed by atoms with Gasteiger partial charge in [-0.3, -0.25) is 4.79 Å². The number of thiazole rings is 1. The van der Waals surface area contributed by atoms with Crippen molar-refractivity contribution < 1.29 is 4.79 Å². The monoisotopic (exact) mass is 250 g/mol. The first-order valence-corrected chi connectivity index (χ1v) is 5.10. The maximum Gasteiger partial charge on any atom is 0.263 e. The predicted octanol–water partition coefficient (Wildman–Crippen LogP) is 0.533. The molecule has 1 amide bonds. The van der Waals surface area contributed by atoms with Crippen LogP contribution >= 0.6 is 23.7 Å². The fourth-order valence-corrected chi connectivity index (χ4v) is 1.71. The van der Waals surface area contributed by atoms with Crippen LogP contribution in [0.25, 0.3) is 0 Å². The van der Waals surface area contributed by atoms with E-state index >= 15 is 0 Å². The number of anilines is 1. The van der Waals surface area contributed by atoms with Gasteiger partial charge in [-0.15, -0.1) is 12.4 Å². The Hall–Kier alpha value is -0.850. The summed E-state index contributed by atoms with van der Waals surface area (Å²) in [5.74, 6) is -0.158. The Morgan fingerprint density at radius 1 is 1.67 bits per heavy atom. The molecule has 1 atom stereocenters. The number of amides is 1. The number of hydrogen-bond acceptors (Lipinski definition) is 5.